The van der Waals surface area contributed by atoms with Crippen molar-refractivity contribution >= 4 is 44.6 Å². The molecule has 4 aromatic rings. The van der Waals surface area contributed by atoms with Crippen LogP contribution in [0.1, 0.15) is 32.6 Å². The Balaban J connectivity index is 1.55. The summed E-state index contributed by atoms with van der Waals surface area (Å²) < 4.78 is 46.8. The van der Waals surface area contributed by atoms with Crippen LogP contribution in [0.4, 0.5) is 5.69 Å². The molecule has 1 aliphatic heterocycles. The first-order valence-corrected chi connectivity index (χ1v) is 14.4. The Hall–Kier alpha value is -3.59. The molecule has 0 saturated carbocycles. The number of benzene rings is 3. The highest BCUT2D eigenvalue weighted by molar-refractivity contribution is 7.84. The lowest BCUT2D eigenvalue weighted by atomic mass is 10.0. The van der Waals surface area contributed by atoms with Gasteiger partial charge in [0.15, 0.2) is 5.75 Å². The van der Waals surface area contributed by atoms with Crippen molar-refractivity contribution < 1.29 is 26.7 Å². The summed E-state index contributed by atoms with van der Waals surface area (Å²) in [5.74, 6) is 1.07. The third-order valence-corrected chi connectivity index (χ3v) is 7.11. The van der Waals surface area contributed by atoms with Gasteiger partial charge in [-0.15, -0.1) is 4.57 Å². The van der Waals surface area contributed by atoms with Crippen LogP contribution in [-0.4, -0.2) is 19.5 Å². The van der Waals surface area contributed by atoms with Crippen LogP contribution >= 0.6 is 11.6 Å². The number of aromatic nitrogens is 1. The highest BCUT2D eigenvalue weighted by Crippen LogP contribution is 2.42. The minimum absolute atomic E-state index is 0.275. The Morgan fingerprint density at radius 1 is 1.05 bits per heavy atom. The number of hydrogen-bond acceptors (Lipinski definition) is 5. The van der Waals surface area contributed by atoms with Crippen molar-refractivity contribution in [2.75, 3.05) is 11.4 Å². The molecule has 0 bridgehead atoms. The Morgan fingerprint density at radius 2 is 1.84 bits per heavy atom. The Morgan fingerprint density at radius 3 is 2.55 bits per heavy atom. The summed E-state index contributed by atoms with van der Waals surface area (Å²) in [5.41, 5.74) is 5.01. The van der Waals surface area contributed by atoms with Crippen LogP contribution in [0.2, 0.25) is 5.02 Å². The fourth-order valence-electron chi connectivity index (χ4n) is 4.51. The number of halogens is 1. The molecule has 9 heteroatoms. The molecule has 0 saturated heterocycles. The second-order valence-corrected chi connectivity index (χ2v) is 10.9. The van der Waals surface area contributed by atoms with Crippen molar-refractivity contribution in [3.05, 3.63) is 95.2 Å². The smallest absolute Gasteiger partial charge is 0.375 e. The lowest BCUT2D eigenvalue weighted by Gasteiger charge is -2.18. The minimum atomic E-state index is -4.34. The summed E-state index contributed by atoms with van der Waals surface area (Å²) in [7, 11) is -4.34. The first-order chi connectivity index (χ1) is 18.3. The van der Waals surface area contributed by atoms with Gasteiger partial charge < -0.3 is 14.1 Å². The number of fused-ring (bicyclic) bond motifs is 2. The summed E-state index contributed by atoms with van der Waals surface area (Å²) >= 11 is 6.14. The standard InChI is InChI=1S/C29H27ClN2O5S/c1-3-14-31-24-17-22(21-8-6-5-7-9-21)10-12-26(24)36-28(31)15-20(4-2)16-29-32(19-38(33,34)35)25-18-23(30)11-13-27(25)37-29/h5-13,15-18H,3-4,14,19H2,1-2H3/p+1. The van der Waals surface area contributed by atoms with Gasteiger partial charge in [0.2, 0.25) is 11.5 Å². The molecule has 2 heterocycles. The van der Waals surface area contributed by atoms with E-state index < -0.39 is 16.0 Å². The van der Waals surface area contributed by atoms with Gasteiger partial charge in [-0.05, 0) is 53.8 Å². The van der Waals surface area contributed by atoms with E-state index in [9.17, 15) is 13.0 Å². The molecule has 196 valence electrons. The minimum Gasteiger partial charge on any atom is -0.439 e. The first-order valence-electron chi connectivity index (χ1n) is 12.4. The average Bonchev–Trinajstić information content (AvgIpc) is 3.40. The number of ether oxygens (including phenoxy) is 1. The molecular formula is C29H28ClN2O5S+. The predicted molar refractivity (Wildman–Crippen MR) is 149 cm³/mol. The van der Waals surface area contributed by atoms with Crippen molar-refractivity contribution in [3.63, 3.8) is 0 Å². The van der Waals surface area contributed by atoms with E-state index in [1.165, 1.54) is 4.57 Å². The molecule has 0 unspecified atom stereocenters. The lowest BCUT2D eigenvalue weighted by Crippen LogP contribution is -2.39. The number of hydrogen-bond donors (Lipinski definition) is 1. The zero-order valence-electron chi connectivity index (χ0n) is 21.1. The number of allylic oxidation sites excluding steroid dienone is 2. The van der Waals surface area contributed by atoms with Crippen LogP contribution in [0.25, 0.3) is 28.3 Å². The average molecular weight is 552 g/mol. The molecule has 3 aromatic carbocycles. The molecule has 1 N–H and O–H groups in total. The maximum atomic E-state index is 11.8. The highest BCUT2D eigenvalue weighted by Gasteiger charge is 2.28. The van der Waals surface area contributed by atoms with Gasteiger partial charge in [-0.2, -0.15) is 8.42 Å². The van der Waals surface area contributed by atoms with Crippen molar-refractivity contribution in [1.29, 1.82) is 0 Å². The third kappa shape index (κ3) is 5.48. The Bertz CT molecular complexity index is 1660. The fourth-order valence-corrected chi connectivity index (χ4v) is 5.27. The number of anilines is 1. The van der Waals surface area contributed by atoms with Crippen LogP contribution in [0, 0.1) is 0 Å². The van der Waals surface area contributed by atoms with Gasteiger partial charge in [-0.1, -0.05) is 61.8 Å². The van der Waals surface area contributed by atoms with Crippen LogP contribution in [0.3, 0.4) is 0 Å². The molecule has 0 spiro atoms. The van der Waals surface area contributed by atoms with Crippen LogP contribution in [0.5, 0.6) is 5.75 Å². The second kappa shape index (κ2) is 10.6. The highest BCUT2D eigenvalue weighted by atomic mass is 35.5. The van der Waals surface area contributed by atoms with Gasteiger partial charge in [-0.3, -0.25) is 4.55 Å². The fraction of sp³-hybridized carbons (Fsp3) is 0.207. The van der Waals surface area contributed by atoms with E-state index in [1.54, 1.807) is 24.3 Å². The van der Waals surface area contributed by atoms with Crippen molar-refractivity contribution in [3.8, 4) is 16.9 Å². The summed E-state index contributed by atoms with van der Waals surface area (Å²) in [5, 5.41) is 0.429. The largest absolute Gasteiger partial charge is 0.439 e. The monoisotopic (exact) mass is 551 g/mol. The van der Waals surface area contributed by atoms with Crippen LogP contribution in [0.15, 0.2) is 88.7 Å². The maximum absolute atomic E-state index is 11.8. The SMILES string of the molecule is CCCN1/C(=C/C(=C/c2oc3ccc(Cl)cc3[n+]2CS(=O)(=O)O)CC)Oc2ccc(-c3ccccc3)cc21. The number of rotatable bonds is 8. The Labute approximate surface area is 227 Å². The van der Waals surface area contributed by atoms with E-state index in [-0.39, 0.29) is 5.89 Å². The van der Waals surface area contributed by atoms with E-state index >= 15 is 0 Å². The molecule has 1 aromatic heterocycles. The normalized spacial score (nSPS) is 14.8. The molecule has 0 atom stereocenters. The summed E-state index contributed by atoms with van der Waals surface area (Å²) in [6.07, 6.45) is 5.25. The summed E-state index contributed by atoms with van der Waals surface area (Å²) in [4.78, 5) is 2.15. The molecule has 5 rings (SSSR count). The molecule has 0 fully saturated rings. The number of oxazole rings is 1. The van der Waals surface area contributed by atoms with E-state index in [4.69, 9.17) is 20.8 Å². The topological polar surface area (TPSA) is 83.9 Å². The van der Waals surface area contributed by atoms with Crippen LogP contribution < -0.4 is 14.2 Å². The first kappa shape index (κ1) is 26.0. The van der Waals surface area contributed by atoms with Gasteiger partial charge in [0.1, 0.15) is 0 Å². The van der Waals surface area contributed by atoms with Gasteiger partial charge in [-0.25, -0.2) is 0 Å². The van der Waals surface area contributed by atoms with Crippen molar-refractivity contribution in [2.24, 2.45) is 0 Å². The number of nitrogens with zero attached hydrogens (tertiary/aromatic N) is 2. The van der Waals surface area contributed by atoms with E-state index in [0.29, 0.717) is 28.4 Å². The van der Waals surface area contributed by atoms with Gasteiger partial charge in [0.25, 0.3) is 11.4 Å². The quantitative estimate of drug-likeness (QED) is 0.191. The van der Waals surface area contributed by atoms with E-state index in [0.717, 1.165) is 41.1 Å². The molecule has 7 nitrogen and oxygen atoms in total. The molecule has 0 aliphatic carbocycles. The van der Waals surface area contributed by atoms with E-state index in [2.05, 4.69) is 36.1 Å². The van der Waals surface area contributed by atoms with Gasteiger partial charge >= 0.3 is 16.0 Å². The molecule has 0 amide bonds. The van der Waals surface area contributed by atoms with Crippen LogP contribution in [-0.2, 0) is 16.0 Å². The molecule has 0 radical (unpaired) electrons. The third-order valence-electron chi connectivity index (χ3n) is 6.30. The Kier molecular flexibility index (Phi) is 7.29. The summed E-state index contributed by atoms with van der Waals surface area (Å²) in [6, 6.07) is 21.3. The lowest BCUT2D eigenvalue weighted by molar-refractivity contribution is -0.658. The second-order valence-electron chi connectivity index (χ2n) is 9.05. The summed E-state index contributed by atoms with van der Waals surface area (Å²) in [6.45, 7) is 4.88. The molecule has 1 aliphatic rings. The maximum Gasteiger partial charge on any atom is 0.375 e. The predicted octanol–water partition coefficient (Wildman–Crippen LogP) is 6.83. The zero-order valence-corrected chi connectivity index (χ0v) is 22.7. The van der Waals surface area contributed by atoms with Crippen molar-refractivity contribution in [1.82, 2.24) is 0 Å². The molecular weight excluding hydrogens is 524 g/mol. The van der Waals surface area contributed by atoms with Crippen molar-refractivity contribution in [2.45, 2.75) is 32.6 Å². The molecule has 38 heavy (non-hydrogen) atoms. The van der Waals surface area contributed by atoms with Gasteiger partial charge in [0.05, 0.1) is 11.8 Å². The van der Waals surface area contributed by atoms with E-state index in [1.807, 2.05) is 37.3 Å². The van der Waals surface area contributed by atoms with Gasteiger partial charge in [0, 0.05) is 23.7 Å². The zero-order chi connectivity index (χ0) is 26.9.